The molecule has 0 atom stereocenters. The van der Waals surface area contributed by atoms with Crippen LogP contribution in [0.3, 0.4) is 0 Å². The fourth-order valence-corrected chi connectivity index (χ4v) is 2.38. The summed E-state index contributed by atoms with van der Waals surface area (Å²) < 4.78 is 5.65. The molecular weight excluding hydrogens is 326 g/mol. The number of ether oxygens (including phenoxy) is 1. The van der Waals surface area contributed by atoms with E-state index in [1.54, 1.807) is 36.7 Å². The lowest BCUT2D eigenvalue weighted by Crippen LogP contribution is -2.23. The Labute approximate surface area is 153 Å². The van der Waals surface area contributed by atoms with E-state index in [2.05, 4.69) is 34.3 Å². The Morgan fingerprint density at radius 1 is 0.962 bits per heavy atom. The van der Waals surface area contributed by atoms with Gasteiger partial charge in [0.25, 0.3) is 5.91 Å². The van der Waals surface area contributed by atoms with Crippen LogP contribution in [0.5, 0.6) is 11.8 Å². The molecule has 0 spiro atoms. The smallest absolute Gasteiger partial charge is 0.321 e. The predicted molar refractivity (Wildman–Crippen MR) is 101 cm³/mol. The van der Waals surface area contributed by atoms with E-state index in [0.29, 0.717) is 17.9 Å². The molecule has 3 rings (SSSR count). The fourth-order valence-electron chi connectivity index (χ4n) is 2.38. The average molecular weight is 347 g/mol. The van der Waals surface area contributed by atoms with E-state index in [9.17, 15) is 4.79 Å². The summed E-state index contributed by atoms with van der Waals surface area (Å²) in [5, 5.41) is 2.84. The average Bonchev–Trinajstić information content (AvgIpc) is 2.68. The van der Waals surface area contributed by atoms with Crippen molar-refractivity contribution in [1.29, 1.82) is 0 Å². The lowest BCUT2D eigenvalue weighted by atomic mass is 10.1. The molecule has 132 valence electrons. The molecule has 0 unspecified atom stereocenters. The predicted octanol–water partition coefficient (Wildman–Crippen LogP) is 4.38. The van der Waals surface area contributed by atoms with Gasteiger partial charge in [0.2, 0.25) is 0 Å². The number of hydrogen-bond donors (Lipinski definition) is 1. The molecule has 5 heteroatoms. The first kappa shape index (κ1) is 17.6. The molecule has 0 saturated heterocycles. The van der Waals surface area contributed by atoms with Gasteiger partial charge in [0.1, 0.15) is 5.75 Å². The summed E-state index contributed by atoms with van der Waals surface area (Å²) in [7, 11) is 0. The number of aryl methyl sites for hydroxylation is 1. The van der Waals surface area contributed by atoms with E-state index in [4.69, 9.17) is 4.74 Å². The first-order chi connectivity index (χ1) is 12.7. The Kier molecular flexibility index (Phi) is 5.59. The van der Waals surface area contributed by atoms with E-state index < -0.39 is 0 Å². The topological polar surface area (TPSA) is 64.1 Å². The van der Waals surface area contributed by atoms with Gasteiger partial charge >= 0.3 is 6.01 Å². The number of nitrogens with zero attached hydrogens (tertiary/aromatic N) is 2. The molecule has 26 heavy (non-hydrogen) atoms. The number of rotatable bonds is 6. The summed E-state index contributed by atoms with van der Waals surface area (Å²) in [4.78, 5) is 20.4. The second-order valence-electron chi connectivity index (χ2n) is 6.00. The minimum atomic E-state index is -0.0860. The first-order valence-corrected chi connectivity index (χ1v) is 8.61. The van der Waals surface area contributed by atoms with E-state index in [1.165, 1.54) is 5.56 Å². The molecule has 0 aliphatic heterocycles. The molecule has 5 nitrogen and oxygen atoms in total. The van der Waals surface area contributed by atoms with Crippen LogP contribution in [-0.2, 0) is 0 Å². The molecule has 0 saturated carbocycles. The van der Waals surface area contributed by atoms with E-state index in [1.807, 2.05) is 19.1 Å². The highest BCUT2D eigenvalue weighted by atomic mass is 16.5. The van der Waals surface area contributed by atoms with E-state index >= 15 is 0 Å². The maximum atomic E-state index is 11.9. The highest BCUT2D eigenvalue weighted by Gasteiger charge is 2.06. The number of hydrogen-bond acceptors (Lipinski definition) is 4. The van der Waals surface area contributed by atoms with E-state index in [0.717, 1.165) is 17.5 Å². The van der Waals surface area contributed by atoms with Gasteiger partial charge < -0.3 is 10.1 Å². The Morgan fingerprint density at radius 2 is 1.62 bits per heavy atom. The van der Waals surface area contributed by atoms with Crippen LogP contribution >= 0.6 is 0 Å². The Bertz CT molecular complexity index is 857. The SMILES string of the molecule is CCCNC(=O)c1ccc(Oc2ncc(-c3ccc(C)cc3)cn2)cc1. The van der Waals surface area contributed by atoms with Gasteiger partial charge in [-0.3, -0.25) is 4.79 Å². The second-order valence-corrected chi connectivity index (χ2v) is 6.00. The van der Waals surface area contributed by atoms with Gasteiger partial charge in [-0.2, -0.15) is 0 Å². The van der Waals surface area contributed by atoms with Crippen LogP contribution in [0.4, 0.5) is 0 Å². The van der Waals surface area contributed by atoms with Gasteiger partial charge in [-0.25, -0.2) is 9.97 Å². The first-order valence-electron chi connectivity index (χ1n) is 8.61. The van der Waals surface area contributed by atoms with Crippen LogP contribution in [0.1, 0.15) is 29.3 Å². The summed E-state index contributed by atoms with van der Waals surface area (Å²) >= 11 is 0. The normalized spacial score (nSPS) is 10.4. The van der Waals surface area contributed by atoms with Crippen LogP contribution in [-0.4, -0.2) is 22.4 Å². The largest absolute Gasteiger partial charge is 0.424 e. The molecule has 1 aromatic heterocycles. The van der Waals surface area contributed by atoms with Gasteiger partial charge in [-0.15, -0.1) is 0 Å². The molecular formula is C21H21N3O2. The van der Waals surface area contributed by atoms with Crippen LogP contribution in [0.15, 0.2) is 60.9 Å². The maximum Gasteiger partial charge on any atom is 0.321 e. The number of carbonyl (C=O) groups excluding carboxylic acids is 1. The zero-order valence-electron chi connectivity index (χ0n) is 14.9. The van der Waals surface area contributed by atoms with Gasteiger partial charge in [0.05, 0.1) is 0 Å². The van der Waals surface area contributed by atoms with Crippen LogP contribution in [0.25, 0.3) is 11.1 Å². The summed E-state index contributed by atoms with van der Waals surface area (Å²) in [6.07, 6.45) is 4.38. The summed E-state index contributed by atoms with van der Waals surface area (Å²) in [5.74, 6) is 0.497. The van der Waals surface area contributed by atoms with Crippen LogP contribution < -0.4 is 10.1 Å². The van der Waals surface area contributed by atoms with Crippen molar-refractivity contribution < 1.29 is 9.53 Å². The van der Waals surface area contributed by atoms with Gasteiger partial charge in [-0.1, -0.05) is 36.8 Å². The van der Waals surface area contributed by atoms with Crippen molar-refractivity contribution in [2.75, 3.05) is 6.54 Å². The van der Waals surface area contributed by atoms with Crippen molar-refractivity contribution in [2.24, 2.45) is 0 Å². The van der Waals surface area contributed by atoms with E-state index in [-0.39, 0.29) is 11.9 Å². The van der Waals surface area contributed by atoms with Crippen molar-refractivity contribution in [3.05, 3.63) is 72.1 Å². The highest BCUT2D eigenvalue weighted by Crippen LogP contribution is 2.22. The lowest BCUT2D eigenvalue weighted by Gasteiger charge is -2.07. The second kappa shape index (κ2) is 8.25. The number of benzene rings is 2. The third-order valence-electron chi connectivity index (χ3n) is 3.87. The van der Waals surface area contributed by atoms with Crippen molar-refractivity contribution in [3.63, 3.8) is 0 Å². The molecule has 1 amide bonds. The summed E-state index contributed by atoms with van der Waals surface area (Å²) in [6, 6.07) is 15.4. The molecule has 0 fully saturated rings. The molecule has 1 heterocycles. The summed E-state index contributed by atoms with van der Waals surface area (Å²) in [5.41, 5.74) is 3.80. The van der Waals surface area contributed by atoms with Gasteiger partial charge in [0.15, 0.2) is 0 Å². The standard InChI is InChI=1S/C21H21N3O2/c1-3-12-22-20(25)17-8-10-19(11-9-17)26-21-23-13-18(14-24-21)16-6-4-15(2)5-7-16/h4-11,13-14H,3,12H2,1-2H3,(H,22,25). The number of carbonyl (C=O) groups is 1. The zero-order chi connectivity index (χ0) is 18.4. The quantitative estimate of drug-likeness (QED) is 0.718. The Hall–Kier alpha value is -3.21. The molecule has 0 radical (unpaired) electrons. The number of aromatic nitrogens is 2. The molecule has 2 aromatic carbocycles. The highest BCUT2D eigenvalue weighted by molar-refractivity contribution is 5.94. The lowest BCUT2D eigenvalue weighted by molar-refractivity contribution is 0.0953. The monoisotopic (exact) mass is 347 g/mol. The Morgan fingerprint density at radius 3 is 2.23 bits per heavy atom. The fraction of sp³-hybridized carbons (Fsp3) is 0.190. The number of amides is 1. The molecule has 1 N–H and O–H groups in total. The summed E-state index contributed by atoms with van der Waals surface area (Å²) in [6.45, 7) is 4.73. The van der Waals surface area contributed by atoms with Gasteiger partial charge in [0, 0.05) is 30.1 Å². The molecule has 0 bridgehead atoms. The number of nitrogens with one attached hydrogen (secondary N) is 1. The third-order valence-corrected chi connectivity index (χ3v) is 3.87. The van der Waals surface area contributed by atoms with Crippen molar-refractivity contribution in [2.45, 2.75) is 20.3 Å². The minimum absolute atomic E-state index is 0.0860. The maximum absolute atomic E-state index is 11.9. The van der Waals surface area contributed by atoms with Crippen molar-refractivity contribution >= 4 is 5.91 Å². The molecule has 0 aliphatic rings. The van der Waals surface area contributed by atoms with Crippen molar-refractivity contribution in [3.8, 4) is 22.9 Å². The minimum Gasteiger partial charge on any atom is -0.424 e. The van der Waals surface area contributed by atoms with Crippen LogP contribution in [0, 0.1) is 6.92 Å². The third kappa shape index (κ3) is 4.45. The zero-order valence-corrected chi connectivity index (χ0v) is 14.9. The molecule has 0 aliphatic carbocycles. The Balaban J connectivity index is 1.65. The molecule has 3 aromatic rings. The van der Waals surface area contributed by atoms with Crippen LogP contribution in [0.2, 0.25) is 0 Å². The van der Waals surface area contributed by atoms with Gasteiger partial charge in [-0.05, 0) is 43.2 Å². The van der Waals surface area contributed by atoms with Crippen molar-refractivity contribution in [1.82, 2.24) is 15.3 Å².